The normalized spacial score (nSPS) is 29.1. The minimum absolute atomic E-state index is 0.0665. The highest BCUT2D eigenvalue weighted by Crippen LogP contribution is 2.31. The SMILES string of the molecule is CC[C@]1(C)CCCN1C(=O)NC. The maximum Gasteiger partial charge on any atom is 0.317 e. The molecular formula is C9H18N2O. The van der Waals surface area contributed by atoms with Crippen molar-refractivity contribution in [1.29, 1.82) is 0 Å². The molecule has 1 heterocycles. The highest BCUT2D eigenvalue weighted by molar-refractivity contribution is 5.75. The number of amides is 2. The molecule has 2 amide bonds. The number of hydrogen-bond donors (Lipinski definition) is 1. The third-order valence-electron chi connectivity index (χ3n) is 2.97. The van der Waals surface area contributed by atoms with Crippen LogP contribution in [0.1, 0.15) is 33.1 Å². The zero-order chi connectivity index (χ0) is 9.19. The summed E-state index contributed by atoms with van der Waals surface area (Å²) in [6, 6.07) is 0.0665. The van der Waals surface area contributed by atoms with Gasteiger partial charge in [0.05, 0.1) is 0 Å². The fourth-order valence-corrected chi connectivity index (χ4v) is 1.87. The van der Waals surface area contributed by atoms with E-state index in [2.05, 4.69) is 19.2 Å². The highest BCUT2D eigenvalue weighted by Gasteiger charge is 2.37. The predicted octanol–water partition coefficient (Wildman–Crippen LogP) is 1.59. The Bertz CT molecular complexity index is 181. The number of carbonyl (C=O) groups excluding carboxylic acids is 1. The van der Waals surface area contributed by atoms with Gasteiger partial charge in [0.25, 0.3) is 0 Å². The van der Waals surface area contributed by atoms with Crippen LogP contribution >= 0.6 is 0 Å². The minimum Gasteiger partial charge on any atom is -0.341 e. The van der Waals surface area contributed by atoms with Crippen LogP contribution < -0.4 is 5.32 Å². The van der Waals surface area contributed by atoms with Crippen molar-refractivity contribution in [2.24, 2.45) is 0 Å². The van der Waals surface area contributed by atoms with Crippen LogP contribution in [0.2, 0.25) is 0 Å². The molecule has 1 aliphatic rings. The van der Waals surface area contributed by atoms with Crippen LogP contribution in [-0.4, -0.2) is 30.1 Å². The monoisotopic (exact) mass is 170 g/mol. The molecule has 1 aliphatic heterocycles. The molecule has 1 saturated heterocycles. The fourth-order valence-electron chi connectivity index (χ4n) is 1.87. The number of hydrogen-bond acceptors (Lipinski definition) is 1. The van der Waals surface area contributed by atoms with E-state index < -0.39 is 0 Å². The topological polar surface area (TPSA) is 32.3 Å². The molecule has 0 aromatic carbocycles. The summed E-state index contributed by atoms with van der Waals surface area (Å²) in [6.07, 6.45) is 3.31. The molecule has 0 aromatic rings. The number of urea groups is 1. The number of rotatable bonds is 1. The third-order valence-corrected chi connectivity index (χ3v) is 2.97. The number of nitrogens with one attached hydrogen (secondary N) is 1. The van der Waals surface area contributed by atoms with Crippen molar-refractivity contribution in [2.45, 2.75) is 38.6 Å². The molecule has 1 N–H and O–H groups in total. The summed E-state index contributed by atoms with van der Waals surface area (Å²) in [5.74, 6) is 0. The summed E-state index contributed by atoms with van der Waals surface area (Å²) in [5, 5.41) is 2.68. The Balaban J connectivity index is 2.69. The van der Waals surface area contributed by atoms with Crippen molar-refractivity contribution in [2.75, 3.05) is 13.6 Å². The van der Waals surface area contributed by atoms with Crippen LogP contribution in [0.4, 0.5) is 4.79 Å². The molecule has 70 valence electrons. The average Bonchev–Trinajstić information content (AvgIpc) is 2.47. The second-order valence-corrected chi connectivity index (χ2v) is 3.66. The first-order valence-electron chi connectivity index (χ1n) is 4.63. The summed E-state index contributed by atoms with van der Waals surface area (Å²) >= 11 is 0. The average molecular weight is 170 g/mol. The van der Waals surface area contributed by atoms with E-state index in [1.807, 2.05) is 4.90 Å². The summed E-state index contributed by atoms with van der Waals surface area (Å²) < 4.78 is 0. The van der Waals surface area contributed by atoms with Crippen molar-refractivity contribution in [3.8, 4) is 0 Å². The van der Waals surface area contributed by atoms with E-state index in [-0.39, 0.29) is 11.6 Å². The van der Waals surface area contributed by atoms with Gasteiger partial charge in [0.2, 0.25) is 0 Å². The quantitative estimate of drug-likeness (QED) is 0.637. The first-order valence-corrected chi connectivity index (χ1v) is 4.63. The van der Waals surface area contributed by atoms with Gasteiger partial charge in [-0.1, -0.05) is 6.92 Å². The molecule has 0 aliphatic carbocycles. The van der Waals surface area contributed by atoms with Gasteiger partial charge in [0, 0.05) is 19.1 Å². The van der Waals surface area contributed by atoms with Gasteiger partial charge in [-0.15, -0.1) is 0 Å². The van der Waals surface area contributed by atoms with Gasteiger partial charge in [-0.3, -0.25) is 0 Å². The van der Waals surface area contributed by atoms with Crippen molar-refractivity contribution in [3.05, 3.63) is 0 Å². The summed E-state index contributed by atoms with van der Waals surface area (Å²) in [6.45, 7) is 5.21. The van der Waals surface area contributed by atoms with Gasteiger partial charge < -0.3 is 10.2 Å². The van der Waals surface area contributed by atoms with Crippen molar-refractivity contribution in [3.63, 3.8) is 0 Å². The van der Waals surface area contributed by atoms with E-state index in [0.29, 0.717) is 0 Å². The van der Waals surface area contributed by atoms with Crippen molar-refractivity contribution in [1.82, 2.24) is 10.2 Å². The van der Waals surface area contributed by atoms with E-state index in [9.17, 15) is 4.79 Å². The lowest BCUT2D eigenvalue weighted by Crippen LogP contribution is -2.48. The van der Waals surface area contributed by atoms with Crippen molar-refractivity contribution < 1.29 is 4.79 Å². The van der Waals surface area contributed by atoms with E-state index in [4.69, 9.17) is 0 Å². The van der Waals surface area contributed by atoms with Gasteiger partial charge in [0.15, 0.2) is 0 Å². The molecule has 0 spiro atoms. The van der Waals surface area contributed by atoms with Gasteiger partial charge in [0.1, 0.15) is 0 Å². The van der Waals surface area contributed by atoms with Crippen LogP contribution in [0.3, 0.4) is 0 Å². The van der Waals surface area contributed by atoms with E-state index >= 15 is 0 Å². The molecule has 12 heavy (non-hydrogen) atoms. The fraction of sp³-hybridized carbons (Fsp3) is 0.889. The zero-order valence-electron chi connectivity index (χ0n) is 8.18. The summed E-state index contributed by atoms with van der Waals surface area (Å²) in [5.41, 5.74) is 0.0973. The molecule has 1 rings (SSSR count). The zero-order valence-corrected chi connectivity index (χ0v) is 8.18. The van der Waals surface area contributed by atoms with Gasteiger partial charge in [-0.2, -0.15) is 0 Å². The Labute approximate surface area is 74.1 Å². The van der Waals surface area contributed by atoms with E-state index in [1.165, 1.54) is 0 Å². The maximum atomic E-state index is 11.4. The molecule has 0 bridgehead atoms. The van der Waals surface area contributed by atoms with Gasteiger partial charge in [-0.05, 0) is 26.2 Å². The molecular weight excluding hydrogens is 152 g/mol. The standard InChI is InChI=1S/C9H18N2O/c1-4-9(2)6-5-7-11(9)8(12)10-3/h4-7H2,1-3H3,(H,10,12)/t9-/m1/s1. The lowest BCUT2D eigenvalue weighted by Gasteiger charge is -2.33. The lowest BCUT2D eigenvalue weighted by atomic mass is 9.96. The van der Waals surface area contributed by atoms with E-state index in [1.54, 1.807) is 7.05 Å². The Morgan fingerprint density at radius 2 is 2.33 bits per heavy atom. The lowest BCUT2D eigenvalue weighted by molar-refractivity contribution is 0.155. The Kier molecular flexibility index (Phi) is 2.60. The largest absolute Gasteiger partial charge is 0.341 e. The highest BCUT2D eigenvalue weighted by atomic mass is 16.2. The summed E-state index contributed by atoms with van der Waals surface area (Å²) in [4.78, 5) is 13.4. The Morgan fingerprint density at radius 3 is 2.83 bits per heavy atom. The second-order valence-electron chi connectivity index (χ2n) is 3.66. The molecule has 3 nitrogen and oxygen atoms in total. The molecule has 0 radical (unpaired) electrons. The van der Waals surface area contributed by atoms with Gasteiger partial charge >= 0.3 is 6.03 Å². The van der Waals surface area contributed by atoms with Crippen molar-refractivity contribution >= 4 is 6.03 Å². The van der Waals surface area contributed by atoms with Gasteiger partial charge in [-0.25, -0.2) is 4.79 Å². The molecule has 1 atom stereocenters. The van der Waals surface area contributed by atoms with Crippen LogP contribution in [0.25, 0.3) is 0 Å². The number of carbonyl (C=O) groups is 1. The first-order chi connectivity index (χ1) is 5.64. The summed E-state index contributed by atoms with van der Waals surface area (Å²) in [7, 11) is 1.69. The third kappa shape index (κ3) is 1.40. The van der Waals surface area contributed by atoms with Crippen LogP contribution in [0, 0.1) is 0 Å². The molecule has 0 unspecified atom stereocenters. The number of nitrogens with zero attached hydrogens (tertiary/aromatic N) is 1. The molecule has 1 fully saturated rings. The second kappa shape index (κ2) is 3.33. The van der Waals surface area contributed by atoms with Crippen LogP contribution in [0.5, 0.6) is 0 Å². The minimum atomic E-state index is 0.0665. The molecule has 3 heteroatoms. The number of likely N-dealkylation sites (tertiary alicyclic amines) is 1. The Morgan fingerprint density at radius 1 is 1.67 bits per heavy atom. The smallest absolute Gasteiger partial charge is 0.317 e. The van der Waals surface area contributed by atoms with Crippen LogP contribution in [-0.2, 0) is 0 Å². The first kappa shape index (κ1) is 9.36. The predicted molar refractivity (Wildman–Crippen MR) is 49.1 cm³/mol. The van der Waals surface area contributed by atoms with Crippen LogP contribution in [0.15, 0.2) is 0 Å². The molecule has 0 saturated carbocycles. The molecule has 0 aromatic heterocycles. The maximum absolute atomic E-state index is 11.4. The van der Waals surface area contributed by atoms with E-state index in [0.717, 1.165) is 25.8 Å². The Hall–Kier alpha value is -0.730.